The molecule has 6 heteroatoms. The summed E-state index contributed by atoms with van der Waals surface area (Å²) in [7, 11) is 0. The van der Waals surface area contributed by atoms with Crippen LogP contribution in [0.5, 0.6) is 5.75 Å². The van der Waals surface area contributed by atoms with Gasteiger partial charge in [0.25, 0.3) is 5.91 Å². The van der Waals surface area contributed by atoms with Crippen molar-refractivity contribution in [3.05, 3.63) is 76.9 Å². The van der Waals surface area contributed by atoms with E-state index >= 15 is 0 Å². The van der Waals surface area contributed by atoms with Crippen LogP contribution in [0.15, 0.2) is 60.8 Å². The highest BCUT2D eigenvalue weighted by Crippen LogP contribution is 2.24. The summed E-state index contributed by atoms with van der Waals surface area (Å²) in [5, 5.41) is 7.61. The monoisotopic (exact) mass is 369 g/mol. The smallest absolute Gasteiger partial charge is 0.266 e. The highest BCUT2D eigenvalue weighted by atomic mass is 35.5. The molecule has 3 rings (SSSR count). The number of anilines is 1. The van der Waals surface area contributed by atoms with Crippen LogP contribution in [0.3, 0.4) is 0 Å². The molecule has 0 aliphatic carbocycles. The normalized spacial score (nSPS) is 11.8. The van der Waals surface area contributed by atoms with Gasteiger partial charge in [0.2, 0.25) is 0 Å². The quantitative estimate of drug-likeness (QED) is 0.704. The minimum Gasteiger partial charge on any atom is -0.479 e. The second-order valence-corrected chi connectivity index (χ2v) is 6.45. The first kappa shape index (κ1) is 18.0. The van der Waals surface area contributed by atoms with Gasteiger partial charge in [-0.05, 0) is 31.5 Å². The Morgan fingerprint density at radius 3 is 2.65 bits per heavy atom. The molecule has 0 aliphatic rings. The lowest BCUT2D eigenvalue weighted by Crippen LogP contribution is -2.31. The number of aryl methyl sites for hydroxylation is 1. The summed E-state index contributed by atoms with van der Waals surface area (Å²) in [5.74, 6) is 0.825. The average molecular weight is 370 g/mol. The molecule has 134 valence electrons. The van der Waals surface area contributed by atoms with Crippen LogP contribution in [0, 0.1) is 6.92 Å². The highest BCUT2D eigenvalue weighted by molar-refractivity contribution is 6.32. The van der Waals surface area contributed by atoms with E-state index < -0.39 is 6.10 Å². The molecule has 0 fully saturated rings. The van der Waals surface area contributed by atoms with E-state index in [0.717, 1.165) is 5.56 Å². The number of carbonyl (C=O) groups excluding carboxylic acids is 1. The van der Waals surface area contributed by atoms with Crippen LogP contribution >= 0.6 is 11.6 Å². The molecule has 1 atom stereocenters. The van der Waals surface area contributed by atoms with E-state index in [2.05, 4.69) is 22.5 Å². The zero-order valence-electron chi connectivity index (χ0n) is 14.6. The molecule has 0 bridgehead atoms. The Bertz CT molecular complexity index is 890. The third-order valence-electron chi connectivity index (χ3n) is 3.93. The van der Waals surface area contributed by atoms with E-state index in [0.29, 0.717) is 23.1 Å². The van der Waals surface area contributed by atoms with Crippen LogP contribution in [0.25, 0.3) is 0 Å². The third-order valence-corrected chi connectivity index (χ3v) is 4.24. The number of benzene rings is 2. The minimum absolute atomic E-state index is 0.268. The third kappa shape index (κ3) is 4.43. The first-order valence-corrected chi connectivity index (χ1v) is 8.70. The number of ether oxygens (including phenoxy) is 1. The van der Waals surface area contributed by atoms with Crippen molar-refractivity contribution in [3.63, 3.8) is 0 Å². The van der Waals surface area contributed by atoms with Crippen LogP contribution in [0.4, 0.5) is 5.82 Å². The standard InChI is InChI=1S/C20H20ClN3O2/c1-14-7-9-16(10-8-14)13-24-19(11-12-22-24)23-20(25)15(2)26-18-6-4-3-5-17(18)21/h3-12,15H,13H2,1-2H3,(H,23,25)/t15-/m0/s1. The summed E-state index contributed by atoms with van der Waals surface area (Å²) in [4.78, 5) is 12.5. The number of nitrogens with one attached hydrogen (secondary N) is 1. The summed E-state index contributed by atoms with van der Waals surface area (Å²) in [6, 6.07) is 17.0. The molecular weight excluding hydrogens is 350 g/mol. The van der Waals surface area contributed by atoms with E-state index in [1.165, 1.54) is 5.56 Å². The molecule has 5 nitrogen and oxygen atoms in total. The molecule has 0 saturated heterocycles. The Morgan fingerprint density at radius 1 is 1.19 bits per heavy atom. The maximum Gasteiger partial charge on any atom is 0.266 e. The van der Waals surface area contributed by atoms with Crippen LogP contribution in [0.1, 0.15) is 18.1 Å². The Morgan fingerprint density at radius 2 is 1.92 bits per heavy atom. The minimum atomic E-state index is -0.697. The number of halogens is 1. The molecule has 26 heavy (non-hydrogen) atoms. The Labute approximate surface area is 157 Å². The first-order valence-electron chi connectivity index (χ1n) is 8.32. The number of nitrogens with zero attached hydrogens (tertiary/aromatic N) is 2. The number of carbonyl (C=O) groups is 1. The maximum atomic E-state index is 12.5. The predicted octanol–water partition coefficient (Wildman–Crippen LogP) is 4.30. The van der Waals surface area contributed by atoms with Crippen molar-refractivity contribution >= 4 is 23.3 Å². The van der Waals surface area contributed by atoms with Crippen molar-refractivity contribution in [3.8, 4) is 5.75 Å². The van der Waals surface area contributed by atoms with Gasteiger partial charge in [0.05, 0.1) is 17.8 Å². The fraction of sp³-hybridized carbons (Fsp3) is 0.200. The van der Waals surface area contributed by atoms with Crippen LogP contribution in [-0.2, 0) is 11.3 Å². The van der Waals surface area contributed by atoms with Gasteiger partial charge in [0.1, 0.15) is 11.6 Å². The van der Waals surface area contributed by atoms with E-state index in [4.69, 9.17) is 16.3 Å². The Kier molecular flexibility index (Phi) is 5.58. The largest absolute Gasteiger partial charge is 0.479 e. The fourth-order valence-corrected chi connectivity index (χ4v) is 2.62. The Balaban J connectivity index is 1.65. The number of para-hydroxylation sites is 1. The van der Waals surface area contributed by atoms with Crippen molar-refractivity contribution in [2.75, 3.05) is 5.32 Å². The van der Waals surface area contributed by atoms with Gasteiger partial charge in [-0.25, -0.2) is 4.68 Å². The lowest BCUT2D eigenvalue weighted by Gasteiger charge is -2.16. The molecule has 1 amide bonds. The number of amides is 1. The molecular formula is C20H20ClN3O2. The van der Waals surface area contributed by atoms with Gasteiger partial charge in [0.15, 0.2) is 6.10 Å². The van der Waals surface area contributed by atoms with E-state index in [1.54, 1.807) is 36.0 Å². The fourth-order valence-electron chi connectivity index (χ4n) is 2.44. The number of aromatic nitrogens is 2. The van der Waals surface area contributed by atoms with E-state index in [-0.39, 0.29) is 5.91 Å². The lowest BCUT2D eigenvalue weighted by atomic mass is 10.1. The van der Waals surface area contributed by atoms with Gasteiger partial charge in [-0.3, -0.25) is 4.79 Å². The zero-order valence-corrected chi connectivity index (χ0v) is 15.4. The molecule has 1 aromatic heterocycles. The summed E-state index contributed by atoms with van der Waals surface area (Å²) in [6.45, 7) is 4.30. The van der Waals surface area contributed by atoms with Gasteiger partial charge >= 0.3 is 0 Å². The van der Waals surface area contributed by atoms with Crippen molar-refractivity contribution in [1.82, 2.24) is 9.78 Å². The second-order valence-electron chi connectivity index (χ2n) is 6.04. The van der Waals surface area contributed by atoms with Crippen LogP contribution in [0.2, 0.25) is 5.02 Å². The van der Waals surface area contributed by atoms with Gasteiger partial charge in [-0.15, -0.1) is 0 Å². The highest BCUT2D eigenvalue weighted by Gasteiger charge is 2.17. The summed E-state index contributed by atoms with van der Waals surface area (Å²) >= 11 is 6.07. The SMILES string of the molecule is Cc1ccc(Cn2nccc2NC(=O)[C@H](C)Oc2ccccc2Cl)cc1. The van der Waals surface area contributed by atoms with Gasteiger partial charge in [-0.1, -0.05) is 53.6 Å². The zero-order chi connectivity index (χ0) is 18.5. The van der Waals surface area contributed by atoms with Gasteiger partial charge < -0.3 is 10.1 Å². The molecule has 1 N–H and O–H groups in total. The van der Waals surface area contributed by atoms with E-state index in [1.807, 2.05) is 31.2 Å². The average Bonchev–Trinajstić information content (AvgIpc) is 3.05. The number of hydrogen-bond acceptors (Lipinski definition) is 3. The molecule has 3 aromatic rings. The second kappa shape index (κ2) is 8.06. The Hall–Kier alpha value is -2.79. The molecule has 0 radical (unpaired) electrons. The molecule has 1 heterocycles. The number of rotatable bonds is 6. The molecule has 0 unspecified atom stereocenters. The van der Waals surface area contributed by atoms with E-state index in [9.17, 15) is 4.79 Å². The summed E-state index contributed by atoms with van der Waals surface area (Å²) in [5.41, 5.74) is 2.31. The van der Waals surface area contributed by atoms with Gasteiger partial charge in [-0.2, -0.15) is 5.10 Å². The summed E-state index contributed by atoms with van der Waals surface area (Å²) < 4.78 is 7.39. The topological polar surface area (TPSA) is 56.2 Å². The lowest BCUT2D eigenvalue weighted by molar-refractivity contribution is -0.122. The van der Waals surface area contributed by atoms with Crippen molar-refractivity contribution in [1.29, 1.82) is 0 Å². The van der Waals surface area contributed by atoms with Crippen LogP contribution < -0.4 is 10.1 Å². The molecule has 0 saturated carbocycles. The van der Waals surface area contributed by atoms with Crippen molar-refractivity contribution < 1.29 is 9.53 Å². The van der Waals surface area contributed by atoms with Crippen molar-refractivity contribution in [2.24, 2.45) is 0 Å². The van der Waals surface area contributed by atoms with Crippen LogP contribution in [-0.4, -0.2) is 21.8 Å². The maximum absolute atomic E-state index is 12.5. The van der Waals surface area contributed by atoms with Crippen molar-refractivity contribution in [2.45, 2.75) is 26.5 Å². The molecule has 2 aromatic carbocycles. The predicted molar refractivity (Wildman–Crippen MR) is 103 cm³/mol. The van der Waals surface area contributed by atoms with Gasteiger partial charge in [0, 0.05) is 6.07 Å². The summed E-state index contributed by atoms with van der Waals surface area (Å²) in [6.07, 6.45) is 0.959. The molecule has 0 spiro atoms. The first-order chi connectivity index (χ1) is 12.5. The number of hydrogen-bond donors (Lipinski definition) is 1. The molecule has 0 aliphatic heterocycles.